The van der Waals surface area contributed by atoms with E-state index < -0.39 is 0 Å². The number of hydrogen-bond donors (Lipinski definition) is 1. The summed E-state index contributed by atoms with van der Waals surface area (Å²) in [5.74, 6) is -0.427. The highest BCUT2D eigenvalue weighted by atomic mass is 35.5. The van der Waals surface area contributed by atoms with Crippen LogP contribution < -0.4 is 10.1 Å². The van der Waals surface area contributed by atoms with Crippen molar-refractivity contribution in [3.63, 3.8) is 0 Å². The number of ether oxygens (including phenoxy) is 3. The molecule has 1 saturated heterocycles. The van der Waals surface area contributed by atoms with E-state index in [4.69, 9.17) is 25.8 Å². The molecule has 0 saturated carbocycles. The number of carbonyl (C=O) groups excluding carboxylic acids is 2. The minimum absolute atomic E-state index is 0.00982. The molecule has 0 aliphatic carbocycles. The van der Waals surface area contributed by atoms with E-state index in [0.29, 0.717) is 42.5 Å². The number of esters is 1. The third-order valence-electron chi connectivity index (χ3n) is 4.63. The highest BCUT2D eigenvalue weighted by molar-refractivity contribution is 6.32. The van der Waals surface area contributed by atoms with E-state index in [0.717, 1.165) is 25.7 Å². The second kappa shape index (κ2) is 10.9. The second-order valence-corrected chi connectivity index (χ2v) is 7.37. The summed E-state index contributed by atoms with van der Waals surface area (Å²) < 4.78 is 16.3. The molecule has 1 N–H and O–H groups in total. The molecular formula is C22H25ClN2O5. The third-order valence-corrected chi connectivity index (χ3v) is 4.90. The van der Waals surface area contributed by atoms with E-state index in [9.17, 15) is 9.59 Å². The number of carbonyl (C=O) groups is 2. The van der Waals surface area contributed by atoms with Crippen LogP contribution in [0.4, 0.5) is 5.69 Å². The van der Waals surface area contributed by atoms with Gasteiger partial charge in [0.25, 0.3) is 5.91 Å². The lowest BCUT2D eigenvalue weighted by molar-refractivity contribution is 0.0237. The third kappa shape index (κ3) is 6.18. The highest BCUT2D eigenvalue weighted by Gasteiger charge is 2.18. The largest absolute Gasteiger partial charge is 0.473 e. The van der Waals surface area contributed by atoms with Crippen molar-refractivity contribution >= 4 is 29.2 Å². The van der Waals surface area contributed by atoms with E-state index in [2.05, 4.69) is 10.3 Å². The molecule has 160 valence electrons. The Labute approximate surface area is 180 Å². The molecule has 0 bridgehead atoms. The smallest absolute Gasteiger partial charge is 0.338 e. The summed E-state index contributed by atoms with van der Waals surface area (Å²) in [5.41, 5.74) is 1.29. The zero-order valence-corrected chi connectivity index (χ0v) is 17.6. The molecule has 8 heteroatoms. The molecule has 1 aromatic heterocycles. The van der Waals surface area contributed by atoms with Crippen molar-refractivity contribution in [2.45, 2.75) is 38.7 Å². The maximum atomic E-state index is 12.5. The number of unbranched alkanes of at least 4 members (excludes halogenated alkanes) is 1. The maximum Gasteiger partial charge on any atom is 0.338 e. The van der Waals surface area contributed by atoms with E-state index in [1.54, 1.807) is 24.3 Å². The molecule has 7 nitrogen and oxygen atoms in total. The van der Waals surface area contributed by atoms with E-state index in [-0.39, 0.29) is 23.0 Å². The van der Waals surface area contributed by atoms with Crippen molar-refractivity contribution < 1.29 is 23.8 Å². The van der Waals surface area contributed by atoms with Gasteiger partial charge in [0, 0.05) is 24.7 Å². The molecule has 0 atom stereocenters. The van der Waals surface area contributed by atoms with Gasteiger partial charge in [-0.3, -0.25) is 4.79 Å². The van der Waals surface area contributed by atoms with Crippen LogP contribution in [0.1, 0.15) is 53.3 Å². The first kappa shape index (κ1) is 22.1. The molecule has 2 aromatic rings. The number of pyridine rings is 1. The molecule has 0 unspecified atom stereocenters. The Bertz CT molecular complexity index is 866. The van der Waals surface area contributed by atoms with E-state index in [1.165, 1.54) is 12.3 Å². The fourth-order valence-corrected chi connectivity index (χ4v) is 3.08. The van der Waals surface area contributed by atoms with Gasteiger partial charge in [-0.15, -0.1) is 0 Å². The van der Waals surface area contributed by atoms with Crippen molar-refractivity contribution in [2.24, 2.45) is 0 Å². The Hall–Kier alpha value is -2.64. The number of aromatic nitrogens is 1. The number of anilines is 1. The first-order valence-electron chi connectivity index (χ1n) is 10.1. The number of hydrogen-bond acceptors (Lipinski definition) is 6. The number of nitrogens with zero attached hydrogens (tertiary/aromatic N) is 1. The monoisotopic (exact) mass is 432 g/mol. The van der Waals surface area contributed by atoms with Crippen molar-refractivity contribution in [2.75, 3.05) is 25.1 Å². The van der Waals surface area contributed by atoms with Gasteiger partial charge in [-0.25, -0.2) is 9.78 Å². The molecule has 1 aliphatic rings. The molecule has 2 heterocycles. The Morgan fingerprint density at radius 3 is 2.60 bits per heavy atom. The van der Waals surface area contributed by atoms with Crippen LogP contribution in [0.25, 0.3) is 0 Å². The average Bonchev–Trinajstić information content (AvgIpc) is 2.76. The van der Waals surface area contributed by atoms with Crippen LogP contribution >= 0.6 is 11.6 Å². The first-order chi connectivity index (χ1) is 14.6. The zero-order chi connectivity index (χ0) is 21.3. The number of amides is 1. The number of rotatable bonds is 8. The van der Waals surface area contributed by atoms with Gasteiger partial charge in [0.2, 0.25) is 5.88 Å². The van der Waals surface area contributed by atoms with Crippen molar-refractivity contribution in [3.05, 3.63) is 52.7 Å². The van der Waals surface area contributed by atoms with Gasteiger partial charge in [-0.2, -0.15) is 0 Å². The normalized spacial score (nSPS) is 14.2. The summed E-state index contributed by atoms with van der Waals surface area (Å²) in [5, 5.41) is 3.03. The van der Waals surface area contributed by atoms with Crippen molar-refractivity contribution in [1.29, 1.82) is 0 Å². The second-order valence-electron chi connectivity index (χ2n) is 6.96. The van der Waals surface area contributed by atoms with Gasteiger partial charge in [0.1, 0.15) is 11.1 Å². The molecule has 3 rings (SSSR count). The quantitative estimate of drug-likeness (QED) is 0.488. The molecular weight excluding hydrogens is 408 g/mol. The number of nitrogens with one attached hydrogen (secondary N) is 1. The minimum Gasteiger partial charge on any atom is -0.473 e. The maximum absolute atomic E-state index is 12.5. The Morgan fingerprint density at radius 2 is 1.93 bits per heavy atom. The van der Waals surface area contributed by atoms with Crippen LogP contribution in [-0.2, 0) is 9.47 Å². The standard InChI is InChI=1S/C22H25ClN2O5/c1-2-3-10-29-22(27)15-4-6-17(7-5-15)25-20(26)16-13-19(23)21(24-14-16)30-18-8-11-28-12-9-18/h4-7,13-14,18H,2-3,8-12H2,1H3,(H,25,26). The van der Waals surface area contributed by atoms with Crippen LogP contribution in [0.15, 0.2) is 36.5 Å². The number of halogens is 1. The lowest BCUT2D eigenvalue weighted by Gasteiger charge is -2.23. The fraction of sp³-hybridized carbons (Fsp3) is 0.409. The van der Waals surface area contributed by atoms with Crippen LogP contribution in [-0.4, -0.2) is 42.8 Å². The van der Waals surface area contributed by atoms with E-state index >= 15 is 0 Å². The predicted octanol–water partition coefficient (Wildman–Crippen LogP) is 4.50. The van der Waals surface area contributed by atoms with Gasteiger partial charge in [0.15, 0.2) is 0 Å². The van der Waals surface area contributed by atoms with Gasteiger partial charge < -0.3 is 19.5 Å². The molecule has 30 heavy (non-hydrogen) atoms. The molecule has 1 fully saturated rings. The fourth-order valence-electron chi connectivity index (χ4n) is 2.87. The summed E-state index contributed by atoms with van der Waals surface area (Å²) in [6, 6.07) is 8.04. The summed E-state index contributed by atoms with van der Waals surface area (Å²) >= 11 is 6.25. The lowest BCUT2D eigenvalue weighted by atomic mass is 10.1. The Morgan fingerprint density at radius 1 is 1.20 bits per heavy atom. The van der Waals surface area contributed by atoms with Gasteiger partial charge in [0.05, 0.1) is 30.9 Å². The van der Waals surface area contributed by atoms with Crippen LogP contribution in [0.2, 0.25) is 5.02 Å². The molecule has 1 amide bonds. The Balaban J connectivity index is 1.57. The van der Waals surface area contributed by atoms with Gasteiger partial charge in [-0.05, 0) is 36.8 Å². The highest BCUT2D eigenvalue weighted by Crippen LogP contribution is 2.26. The zero-order valence-electron chi connectivity index (χ0n) is 16.9. The average molecular weight is 433 g/mol. The van der Waals surface area contributed by atoms with Gasteiger partial charge in [-0.1, -0.05) is 24.9 Å². The van der Waals surface area contributed by atoms with Crippen LogP contribution in [0.5, 0.6) is 5.88 Å². The van der Waals surface area contributed by atoms with Crippen molar-refractivity contribution in [1.82, 2.24) is 4.98 Å². The Kier molecular flexibility index (Phi) is 8.04. The SMILES string of the molecule is CCCCOC(=O)c1ccc(NC(=O)c2cnc(OC3CCOCC3)c(Cl)c2)cc1. The molecule has 0 spiro atoms. The molecule has 1 aromatic carbocycles. The molecule has 0 radical (unpaired) electrons. The lowest BCUT2D eigenvalue weighted by Crippen LogP contribution is -2.26. The van der Waals surface area contributed by atoms with E-state index in [1.807, 2.05) is 6.92 Å². The summed E-state index contributed by atoms with van der Waals surface area (Å²) in [6.45, 7) is 3.73. The summed E-state index contributed by atoms with van der Waals surface area (Å²) in [6.07, 6.45) is 4.78. The van der Waals surface area contributed by atoms with Crippen LogP contribution in [0.3, 0.4) is 0 Å². The summed E-state index contributed by atoms with van der Waals surface area (Å²) in [7, 11) is 0. The minimum atomic E-state index is -0.377. The first-order valence-corrected chi connectivity index (χ1v) is 10.4. The predicted molar refractivity (Wildman–Crippen MR) is 113 cm³/mol. The van der Waals surface area contributed by atoms with Gasteiger partial charge >= 0.3 is 5.97 Å². The molecule has 1 aliphatic heterocycles. The topological polar surface area (TPSA) is 86.8 Å². The van der Waals surface area contributed by atoms with Crippen molar-refractivity contribution in [3.8, 4) is 5.88 Å². The van der Waals surface area contributed by atoms with Crippen LogP contribution in [0, 0.1) is 0 Å². The number of benzene rings is 1. The summed E-state index contributed by atoms with van der Waals surface area (Å²) in [4.78, 5) is 28.6.